The fourth-order valence-electron chi connectivity index (χ4n) is 2.41. The maximum absolute atomic E-state index is 12.1. The van der Waals surface area contributed by atoms with Crippen LogP contribution in [0.1, 0.15) is 29.6 Å². The summed E-state index contributed by atoms with van der Waals surface area (Å²) in [6, 6.07) is 4.97. The van der Waals surface area contributed by atoms with Gasteiger partial charge in [0, 0.05) is 24.7 Å². The lowest BCUT2D eigenvalue weighted by atomic mass is 10.1. The van der Waals surface area contributed by atoms with E-state index in [4.69, 9.17) is 17.3 Å². The summed E-state index contributed by atoms with van der Waals surface area (Å²) in [6.45, 7) is 0. The Hall–Kier alpha value is -1.30. The highest BCUT2D eigenvalue weighted by molar-refractivity contribution is 6.34. The molecule has 2 rings (SSSR count). The molecule has 5 nitrogen and oxygen atoms in total. The summed E-state index contributed by atoms with van der Waals surface area (Å²) >= 11 is 5.96. The van der Waals surface area contributed by atoms with Gasteiger partial charge in [0.2, 0.25) is 5.91 Å². The second kappa shape index (κ2) is 7.64. The van der Waals surface area contributed by atoms with Gasteiger partial charge < -0.3 is 16.4 Å². The van der Waals surface area contributed by atoms with Gasteiger partial charge in [-0.1, -0.05) is 11.6 Å². The predicted molar refractivity (Wildman–Crippen MR) is 86.0 cm³/mol. The minimum absolute atomic E-state index is 0. The van der Waals surface area contributed by atoms with Crippen LogP contribution in [0.15, 0.2) is 18.2 Å². The minimum atomic E-state index is -0.283. The van der Waals surface area contributed by atoms with Gasteiger partial charge in [0.25, 0.3) is 5.91 Å². The zero-order chi connectivity index (χ0) is 14.7. The van der Waals surface area contributed by atoms with Crippen LogP contribution >= 0.6 is 24.0 Å². The molecule has 2 atom stereocenters. The van der Waals surface area contributed by atoms with Crippen LogP contribution < -0.4 is 16.4 Å². The molecule has 0 aromatic heterocycles. The van der Waals surface area contributed by atoms with Gasteiger partial charge in [0.15, 0.2) is 0 Å². The number of carbonyl (C=O) groups is 2. The van der Waals surface area contributed by atoms with Gasteiger partial charge in [-0.2, -0.15) is 0 Å². The number of halogens is 2. The fraction of sp³-hybridized carbons (Fsp3) is 0.429. The number of anilines is 1. The SMILES string of the molecule is CNC(=O)c1cc(NC(=O)C2CCC(N)C2)ccc1Cl.Cl. The average Bonchev–Trinajstić information content (AvgIpc) is 2.87. The normalized spacial score (nSPS) is 20.5. The number of nitrogens with one attached hydrogen (secondary N) is 2. The first-order valence-corrected chi connectivity index (χ1v) is 6.97. The number of rotatable bonds is 3. The first-order valence-electron chi connectivity index (χ1n) is 6.59. The van der Waals surface area contributed by atoms with Crippen molar-refractivity contribution in [3.05, 3.63) is 28.8 Å². The summed E-state index contributed by atoms with van der Waals surface area (Å²) in [5, 5.41) is 5.68. The lowest BCUT2D eigenvalue weighted by Crippen LogP contribution is -2.23. The van der Waals surface area contributed by atoms with E-state index in [9.17, 15) is 9.59 Å². The average molecular weight is 332 g/mol. The first kappa shape index (κ1) is 17.8. The standard InChI is InChI=1S/C14H18ClN3O2.ClH/c1-17-14(20)11-7-10(4-5-12(11)15)18-13(19)8-2-3-9(16)6-8;/h4-5,7-9H,2-3,6,16H2,1H3,(H,17,20)(H,18,19);1H. The van der Waals surface area contributed by atoms with Crippen molar-refractivity contribution in [1.29, 1.82) is 0 Å². The molecule has 0 aliphatic heterocycles. The second-order valence-corrected chi connectivity index (χ2v) is 5.44. The van der Waals surface area contributed by atoms with E-state index in [-0.39, 0.29) is 36.2 Å². The number of hydrogen-bond acceptors (Lipinski definition) is 3. The summed E-state index contributed by atoms with van der Waals surface area (Å²) < 4.78 is 0. The Labute approximate surface area is 135 Å². The van der Waals surface area contributed by atoms with E-state index in [0.29, 0.717) is 22.7 Å². The molecule has 1 saturated carbocycles. The molecule has 1 aliphatic rings. The molecule has 0 radical (unpaired) electrons. The van der Waals surface area contributed by atoms with Crippen molar-refractivity contribution in [1.82, 2.24) is 5.32 Å². The highest BCUT2D eigenvalue weighted by atomic mass is 35.5. The van der Waals surface area contributed by atoms with Gasteiger partial charge in [-0.05, 0) is 37.5 Å². The smallest absolute Gasteiger partial charge is 0.252 e. The summed E-state index contributed by atoms with van der Waals surface area (Å²) in [5.74, 6) is -0.388. The van der Waals surface area contributed by atoms with Gasteiger partial charge in [0.1, 0.15) is 0 Å². The molecule has 0 saturated heterocycles. The summed E-state index contributed by atoms with van der Waals surface area (Å²) in [5.41, 5.74) is 6.72. The highest BCUT2D eigenvalue weighted by Crippen LogP contribution is 2.26. The minimum Gasteiger partial charge on any atom is -0.355 e. The van der Waals surface area contributed by atoms with Gasteiger partial charge in [-0.25, -0.2) is 0 Å². The van der Waals surface area contributed by atoms with E-state index in [2.05, 4.69) is 10.6 Å². The van der Waals surface area contributed by atoms with E-state index in [0.717, 1.165) is 12.8 Å². The van der Waals surface area contributed by atoms with Gasteiger partial charge in [-0.15, -0.1) is 12.4 Å². The lowest BCUT2D eigenvalue weighted by molar-refractivity contribution is -0.119. The van der Waals surface area contributed by atoms with E-state index < -0.39 is 0 Å². The van der Waals surface area contributed by atoms with Crippen molar-refractivity contribution in [2.45, 2.75) is 25.3 Å². The number of benzene rings is 1. The van der Waals surface area contributed by atoms with Crippen LogP contribution in [0.25, 0.3) is 0 Å². The maximum atomic E-state index is 12.1. The zero-order valence-electron chi connectivity index (χ0n) is 11.7. The summed E-state index contributed by atoms with van der Waals surface area (Å²) in [4.78, 5) is 23.7. The number of carbonyl (C=O) groups excluding carboxylic acids is 2. The Morgan fingerprint density at radius 3 is 2.62 bits per heavy atom. The molecule has 0 spiro atoms. The second-order valence-electron chi connectivity index (χ2n) is 5.03. The van der Waals surface area contributed by atoms with Crippen LogP contribution in [0.2, 0.25) is 5.02 Å². The lowest BCUT2D eigenvalue weighted by Gasteiger charge is -2.12. The van der Waals surface area contributed by atoms with Crippen molar-refractivity contribution >= 4 is 41.5 Å². The quantitative estimate of drug-likeness (QED) is 0.793. The molecule has 1 aliphatic carbocycles. The van der Waals surface area contributed by atoms with E-state index in [1.165, 1.54) is 7.05 Å². The molecule has 1 aromatic carbocycles. The molecule has 1 fully saturated rings. The first-order chi connectivity index (χ1) is 9.51. The molecule has 1 aromatic rings. The number of nitrogens with two attached hydrogens (primary N) is 1. The monoisotopic (exact) mass is 331 g/mol. The predicted octanol–water partition coefficient (Wildman–Crippen LogP) is 2.19. The third-order valence-electron chi connectivity index (χ3n) is 3.55. The topological polar surface area (TPSA) is 84.2 Å². The number of hydrogen-bond donors (Lipinski definition) is 3. The van der Waals surface area contributed by atoms with Gasteiger partial charge in [-0.3, -0.25) is 9.59 Å². The molecule has 0 heterocycles. The van der Waals surface area contributed by atoms with Crippen LogP contribution in [0.3, 0.4) is 0 Å². The van der Waals surface area contributed by atoms with Crippen LogP contribution in [-0.2, 0) is 4.79 Å². The molecule has 7 heteroatoms. The molecule has 2 amide bonds. The third-order valence-corrected chi connectivity index (χ3v) is 3.88. The van der Waals surface area contributed by atoms with Gasteiger partial charge >= 0.3 is 0 Å². The largest absolute Gasteiger partial charge is 0.355 e. The van der Waals surface area contributed by atoms with Crippen molar-refractivity contribution in [2.75, 3.05) is 12.4 Å². The Morgan fingerprint density at radius 2 is 2.05 bits per heavy atom. The maximum Gasteiger partial charge on any atom is 0.252 e. The molecular weight excluding hydrogens is 313 g/mol. The van der Waals surface area contributed by atoms with Gasteiger partial charge in [0.05, 0.1) is 10.6 Å². The third kappa shape index (κ3) is 4.33. The zero-order valence-corrected chi connectivity index (χ0v) is 13.3. The summed E-state index contributed by atoms with van der Waals surface area (Å²) in [7, 11) is 1.53. The molecule has 2 unspecified atom stereocenters. The molecule has 116 valence electrons. The van der Waals surface area contributed by atoms with E-state index in [1.54, 1.807) is 18.2 Å². The van der Waals surface area contributed by atoms with Crippen molar-refractivity contribution < 1.29 is 9.59 Å². The fourth-order valence-corrected chi connectivity index (χ4v) is 2.61. The van der Waals surface area contributed by atoms with E-state index in [1.807, 2.05) is 0 Å². The molecular formula is C14H19Cl2N3O2. The van der Waals surface area contributed by atoms with Crippen molar-refractivity contribution in [3.63, 3.8) is 0 Å². The Balaban J connectivity index is 0.00000220. The van der Waals surface area contributed by atoms with Crippen LogP contribution in [0.5, 0.6) is 0 Å². The van der Waals surface area contributed by atoms with Crippen LogP contribution in [0.4, 0.5) is 5.69 Å². The Kier molecular flexibility index (Phi) is 6.45. The highest BCUT2D eigenvalue weighted by Gasteiger charge is 2.27. The molecule has 21 heavy (non-hydrogen) atoms. The van der Waals surface area contributed by atoms with Crippen LogP contribution in [-0.4, -0.2) is 24.9 Å². The Bertz CT molecular complexity index is 537. The summed E-state index contributed by atoms with van der Waals surface area (Å²) in [6.07, 6.45) is 2.40. The molecule has 0 bridgehead atoms. The molecule has 4 N–H and O–H groups in total. The Morgan fingerprint density at radius 1 is 1.33 bits per heavy atom. The van der Waals surface area contributed by atoms with Crippen molar-refractivity contribution in [3.8, 4) is 0 Å². The number of amides is 2. The van der Waals surface area contributed by atoms with Crippen molar-refractivity contribution in [2.24, 2.45) is 11.7 Å². The van der Waals surface area contributed by atoms with Crippen LogP contribution in [0, 0.1) is 5.92 Å². The van der Waals surface area contributed by atoms with E-state index >= 15 is 0 Å².